The number of aliphatic carboxylic acids is 1. The van der Waals surface area contributed by atoms with Crippen LogP contribution in [0.25, 0.3) is 0 Å². The molecule has 0 aliphatic carbocycles. The molecule has 0 aliphatic heterocycles. The number of carboxylic acids is 1. The average Bonchev–Trinajstić information content (AvgIpc) is 2.35. The van der Waals surface area contributed by atoms with Gasteiger partial charge in [0, 0.05) is 6.54 Å². The van der Waals surface area contributed by atoms with Crippen LogP contribution in [-0.2, 0) is 14.8 Å². The Bertz CT molecular complexity index is 686. The van der Waals surface area contributed by atoms with Crippen molar-refractivity contribution in [3.05, 3.63) is 34.1 Å². The number of nitrogens with zero attached hydrogens (tertiary/aromatic N) is 1. The normalized spacial score (nSPS) is 12.1. The Balaban J connectivity index is 3.19. The smallest absolute Gasteiger partial charge is 0.324 e. The summed E-state index contributed by atoms with van der Waals surface area (Å²) in [4.78, 5) is 19.7. The minimum atomic E-state index is -4.42. The van der Waals surface area contributed by atoms with Gasteiger partial charge in [-0.3, -0.25) is 14.9 Å². The van der Waals surface area contributed by atoms with Gasteiger partial charge in [-0.25, -0.2) is 13.1 Å². The van der Waals surface area contributed by atoms with Crippen LogP contribution in [0.2, 0.25) is 0 Å². The molecular formula is C11H13FN2O6S. The number of carbonyl (C=O) groups is 1. The molecule has 0 aromatic heterocycles. The highest BCUT2D eigenvalue weighted by molar-refractivity contribution is 7.89. The first-order valence-corrected chi connectivity index (χ1v) is 7.13. The standard InChI is InChI=1S/C11H13FN2O6S/c1-11(2,10(15)16)6-13-21(19,20)8-5-3-4-7(12)9(8)14(17)18/h3-5,13H,6H2,1-2H3,(H,15,16). The summed E-state index contributed by atoms with van der Waals surface area (Å²) in [6.45, 7) is 2.05. The van der Waals surface area contributed by atoms with Crippen molar-refractivity contribution >= 4 is 21.7 Å². The molecule has 2 N–H and O–H groups in total. The molecule has 0 heterocycles. The SMILES string of the molecule is CC(C)(CNS(=O)(=O)c1cccc(F)c1[N+](=O)[O-])C(=O)O. The van der Waals surface area contributed by atoms with Crippen LogP contribution in [0.3, 0.4) is 0 Å². The van der Waals surface area contributed by atoms with E-state index in [4.69, 9.17) is 5.11 Å². The van der Waals surface area contributed by atoms with E-state index in [1.165, 1.54) is 13.8 Å². The molecule has 0 fully saturated rings. The second kappa shape index (κ2) is 5.74. The van der Waals surface area contributed by atoms with Crippen molar-refractivity contribution < 1.29 is 27.6 Å². The number of hydrogen-bond acceptors (Lipinski definition) is 5. The zero-order valence-electron chi connectivity index (χ0n) is 11.2. The molecular weight excluding hydrogens is 307 g/mol. The largest absolute Gasteiger partial charge is 0.481 e. The van der Waals surface area contributed by atoms with E-state index in [9.17, 15) is 27.7 Å². The monoisotopic (exact) mass is 320 g/mol. The quantitative estimate of drug-likeness (QED) is 0.597. The van der Waals surface area contributed by atoms with Gasteiger partial charge in [0.1, 0.15) is 0 Å². The maximum atomic E-state index is 13.4. The molecule has 0 saturated carbocycles. The van der Waals surface area contributed by atoms with Crippen molar-refractivity contribution in [1.29, 1.82) is 0 Å². The maximum absolute atomic E-state index is 13.4. The fourth-order valence-corrected chi connectivity index (χ4v) is 2.71. The molecule has 0 unspecified atom stereocenters. The van der Waals surface area contributed by atoms with E-state index in [0.29, 0.717) is 0 Å². The summed E-state index contributed by atoms with van der Waals surface area (Å²) in [6, 6.07) is 2.65. The summed E-state index contributed by atoms with van der Waals surface area (Å²) in [7, 11) is -4.42. The van der Waals surface area contributed by atoms with Gasteiger partial charge < -0.3 is 5.11 Å². The van der Waals surface area contributed by atoms with Gasteiger partial charge in [0.05, 0.1) is 10.3 Å². The van der Waals surface area contributed by atoms with Crippen molar-refractivity contribution in [2.75, 3.05) is 6.54 Å². The van der Waals surface area contributed by atoms with E-state index in [0.717, 1.165) is 18.2 Å². The van der Waals surface area contributed by atoms with E-state index >= 15 is 0 Å². The molecule has 0 bridgehead atoms. The van der Waals surface area contributed by atoms with E-state index in [1.54, 1.807) is 0 Å². The van der Waals surface area contributed by atoms with Gasteiger partial charge in [-0.2, -0.15) is 4.39 Å². The predicted octanol–water partition coefficient (Wildman–Crippen LogP) is 1.12. The molecule has 1 aromatic carbocycles. The zero-order chi connectivity index (χ0) is 16.4. The van der Waals surface area contributed by atoms with Gasteiger partial charge in [0.25, 0.3) is 0 Å². The van der Waals surface area contributed by atoms with Gasteiger partial charge in [0.2, 0.25) is 15.8 Å². The third kappa shape index (κ3) is 3.73. The number of rotatable bonds is 6. The highest BCUT2D eigenvalue weighted by Crippen LogP contribution is 2.27. The summed E-state index contributed by atoms with van der Waals surface area (Å²) in [6.07, 6.45) is 0. The molecule has 0 radical (unpaired) electrons. The molecule has 0 atom stereocenters. The molecule has 8 nitrogen and oxygen atoms in total. The van der Waals surface area contributed by atoms with Crippen LogP contribution in [-0.4, -0.2) is 31.0 Å². The van der Waals surface area contributed by atoms with Crippen LogP contribution in [0, 0.1) is 21.3 Å². The number of benzene rings is 1. The lowest BCUT2D eigenvalue weighted by atomic mass is 9.95. The van der Waals surface area contributed by atoms with Crippen LogP contribution < -0.4 is 4.72 Å². The second-order valence-corrected chi connectivity index (χ2v) is 6.59. The Morgan fingerprint density at radius 1 is 1.48 bits per heavy atom. The van der Waals surface area contributed by atoms with Gasteiger partial charge in [-0.15, -0.1) is 0 Å². The molecule has 1 rings (SSSR count). The summed E-state index contributed by atoms with van der Waals surface area (Å²) < 4.78 is 39.4. The minimum absolute atomic E-state index is 0.502. The Morgan fingerprint density at radius 3 is 2.52 bits per heavy atom. The highest BCUT2D eigenvalue weighted by Gasteiger charge is 2.33. The third-order valence-corrected chi connectivity index (χ3v) is 4.14. The van der Waals surface area contributed by atoms with E-state index in [-0.39, 0.29) is 0 Å². The van der Waals surface area contributed by atoms with Gasteiger partial charge >= 0.3 is 11.7 Å². The second-order valence-electron chi connectivity index (χ2n) is 4.86. The molecule has 0 saturated heterocycles. The number of hydrogen-bond donors (Lipinski definition) is 2. The van der Waals surface area contributed by atoms with Crippen LogP contribution in [0.5, 0.6) is 0 Å². The predicted molar refractivity (Wildman–Crippen MR) is 69.7 cm³/mol. The third-order valence-electron chi connectivity index (χ3n) is 2.70. The first-order chi connectivity index (χ1) is 9.49. The molecule has 0 aliphatic rings. The maximum Gasteiger partial charge on any atom is 0.324 e. The lowest BCUT2D eigenvalue weighted by Crippen LogP contribution is -2.39. The topological polar surface area (TPSA) is 127 Å². The van der Waals surface area contributed by atoms with Crippen LogP contribution in [0.15, 0.2) is 23.1 Å². The summed E-state index contributed by atoms with van der Waals surface area (Å²) in [5.74, 6) is -2.54. The Morgan fingerprint density at radius 2 is 2.05 bits per heavy atom. The fraction of sp³-hybridized carbons (Fsp3) is 0.364. The Labute approximate surface area is 119 Å². The van der Waals surface area contributed by atoms with Crippen LogP contribution >= 0.6 is 0 Å². The molecule has 1 aromatic rings. The Kier molecular flexibility index (Phi) is 4.64. The minimum Gasteiger partial charge on any atom is -0.481 e. The van der Waals surface area contributed by atoms with Gasteiger partial charge in [0.15, 0.2) is 4.90 Å². The highest BCUT2D eigenvalue weighted by atomic mass is 32.2. The number of nitro groups is 1. The number of nitrogens with one attached hydrogen (secondary N) is 1. The van der Waals surface area contributed by atoms with E-state index in [1.807, 2.05) is 4.72 Å². The van der Waals surface area contributed by atoms with Crippen molar-refractivity contribution in [3.8, 4) is 0 Å². The molecule has 10 heteroatoms. The summed E-state index contributed by atoms with van der Waals surface area (Å²) >= 11 is 0. The number of para-hydroxylation sites is 1. The van der Waals surface area contributed by atoms with E-state index < -0.39 is 49.3 Å². The van der Waals surface area contributed by atoms with Gasteiger partial charge in [-0.05, 0) is 26.0 Å². The average molecular weight is 320 g/mol. The summed E-state index contributed by atoms with van der Waals surface area (Å²) in [5, 5.41) is 19.7. The molecule has 21 heavy (non-hydrogen) atoms. The lowest BCUT2D eigenvalue weighted by Gasteiger charge is -2.19. The summed E-state index contributed by atoms with van der Waals surface area (Å²) in [5.41, 5.74) is -2.60. The van der Waals surface area contributed by atoms with Gasteiger partial charge in [-0.1, -0.05) is 6.07 Å². The Hall–Kier alpha value is -2.07. The number of sulfonamides is 1. The van der Waals surface area contributed by atoms with Crippen molar-refractivity contribution in [2.24, 2.45) is 5.41 Å². The molecule has 0 spiro atoms. The van der Waals surface area contributed by atoms with Crippen LogP contribution in [0.1, 0.15) is 13.8 Å². The fourth-order valence-electron chi connectivity index (χ4n) is 1.32. The number of nitro benzene ring substituents is 1. The van der Waals surface area contributed by atoms with Crippen molar-refractivity contribution in [1.82, 2.24) is 4.72 Å². The van der Waals surface area contributed by atoms with Crippen LogP contribution in [0.4, 0.5) is 10.1 Å². The molecule has 0 amide bonds. The van der Waals surface area contributed by atoms with E-state index in [2.05, 4.69) is 0 Å². The number of carboxylic acid groups (broad SMARTS) is 1. The first kappa shape index (κ1) is 17.0. The lowest BCUT2D eigenvalue weighted by molar-refractivity contribution is -0.390. The zero-order valence-corrected chi connectivity index (χ0v) is 12.0. The first-order valence-electron chi connectivity index (χ1n) is 5.65. The van der Waals surface area contributed by atoms with Crippen molar-refractivity contribution in [2.45, 2.75) is 18.7 Å². The number of halogens is 1. The van der Waals surface area contributed by atoms with Crippen molar-refractivity contribution in [3.63, 3.8) is 0 Å². The molecule has 116 valence electrons.